The molecule has 6 heteroatoms. The van der Waals surface area contributed by atoms with Gasteiger partial charge in [0.05, 0.1) is 45.0 Å². The largest absolute Gasteiger partial charge is 0.309 e. The van der Waals surface area contributed by atoms with Crippen LogP contribution in [0.4, 0.5) is 34.1 Å². The zero-order valence-electron chi connectivity index (χ0n) is 46.8. The molecule has 392 valence electrons. The fourth-order valence-electron chi connectivity index (χ4n) is 15.5. The molecule has 2 aliphatic heterocycles. The molecule has 8 aromatic carbocycles. The third-order valence-corrected chi connectivity index (χ3v) is 19.0. The number of nitrogens with zero attached hydrogens (tertiary/aromatic N) is 6. The topological polar surface area (TPSA) is 58.0 Å². The van der Waals surface area contributed by atoms with Crippen LogP contribution in [0, 0.1) is 13.8 Å². The van der Waals surface area contributed by atoms with Gasteiger partial charge in [0.25, 0.3) is 0 Å². The standard InChI is InChI=1S/C76H58N6/c1-47-39-57-58(69(41-47)81-67-21-13-11-19-61(67)75(49-23-31-77-32-24-49,50-25-33-78-34-26-50)65-43-55-53-15-7-9-17-59(53)73(3,4)63(55)45-71(65)81)40-48(2)42-70(57)82-68-22-14-12-20-62(68)76(51-27-35-79-36-28-51,52-29-37-80-38-30-52)66-44-56-54-16-8-10-18-60(54)74(5,6)64(56)46-72(66)82/h7-46H,1-6H3. The second-order valence-electron chi connectivity index (χ2n) is 24.0. The van der Waals surface area contributed by atoms with Gasteiger partial charge in [-0.15, -0.1) is 0 Å². The first kappa shape index (κ1) is 48.2. The highest BCUT2D eigenvalue weighted by Gasteiger charge is 2.51. The number of anilines is 6. The maximum absolute atomic E-state index is 4.61. The summed E-state index contributed by atoms with van der Waals surface area (Å²) < 4.78 is 0. The van der Waals surface area contributed by atoms with Crippen LogP contribution in [0.2, 0.25) is 0 Å². The predicted molar refractivity (Wildman–Crippen MR) is 333 cm³/mol. The van der Waals surface area contributed by atoms with Gasteiger partial charge in [0.15, 0.2) is 0 Å². The molecule has 82 heavy (non-hydrogen) atoms. The summed E-state index contributed by atoms with van der Waals surface area (Å²) in [6.45, 7) is 14.1. The molecular formula is C76H58N6. The van der Waals surface area contributed by atoms with Crippen molar-refractivity contribution >= 4 is 44.9 Å². The highest BCUT2D eigenvalue weighted by atomic mass is 15.2. The van der Waals surface area contributed by atoms with Gasteiger partial charge in [-0.1, -0.05) is 113 Å². The minimum Gasteiger partial charge on any atom is -0.309 e. The maximum atomic E-state index is 4.61. The SMILES string of the molecule is Cc1cc(N2c3ccccc3C(c3ccncc3)(c3ccncc3)c3cc4c(cc32)C(C)(C)c2ccccc2-4)c2cc(C)cc(N3c4ccccc4C(c4ccncc4)(c4ccncc4)c4cc5c(cc43)C(C)(C)c3ccccc3-5)c2c1. The minimum atomic E-state index is -0.739. The van der Waals surface area contributed by atoms with Crippen molar-refractivity contribution < 1.29 is 0 Å². The molecule has 0 N–H and O–H groups in total. The van der Waals surface area contributed by atoms with Crippen molar-refractivity contribution in [2.75, 3.05) is 9.80 Å². The van der Waals surface area contributed by atoms with E-state index in [1.54, 1.807) is 0 Å². The Balaban J connectivity index is 1.01. The summed E-state index contributed by atoms with van der Waals surface area (Å²) >= 11 is 0. The number of para-hydroxylation sites is 2. The molecule has 0 bridgehead atoms. The average Bonchev–Trinajstić information content (AvgIpc) is 1.21. The Kier molecular flexibility index (Phi) is 10.2. The smallest absolute Gasteiger partial charge is 0.0744 e. The molecule has 0 saturated carbocycles. The van der Waals surface area contributed by atoms with Crippen LogP contribution < -0.4 is 9.80 Å². The zero-order chi connectivity index (χ0) is 55.3. The average molecular weight is 1060 g/mol. The summed E-state index contributed by atoms with van der Waals surface area (Å²) in [7, 11) is 0. The van der Waals surface area contributed by atoms with E-state index in [0.29, 0.717) is 0 Å². The second-order valence-corrected chi connectivity index (χ2v) is 24.0. The summed E-state index contributed by atoms with van der Waals surface area (Å²) in [6.07, 6.45) is 15.6. The van der Waals surface area contributed by atoms with E-state index >= 15 is 0 Å². The van der Waals surface area contributed by atoms with Crippen LogP contribution in [0.25, 0.3) is 33.0 Å². The lowest BCUT2D eigenvalue weighted by Crippen LogP contribution is -2.38. The fraction of sp³-hybridized carbons (Fsp3) is 0.132. The Bertz CT molecular complexity index is 4230. The van der Waals surface area contributed by atoms with Crippen molar-refractivity contribution in [3.05, 3.63) is 322 Å². The third-order valence-electron chi connectivity index (χ3n) is 19.0. The van der Waals surface area contributed by atoms with Gasteiger partial charge in [-0.2, -0.15) is 0 Å². The van der Waals surface area contributed by atoms with E-state index in [0.717, 1.165) is 67.2 Å². The highest BCUT2D eigenvalue weighted by Crippen LogP contribution is 2.65. The van der Waals surface area contributed by atoms with Crippen molar-refractivity contribution in [3.63, 3.8) is 0 Å². The van der Waals surface area contributed by atoms with Gasteiger partial charge in [0, 0.05) is 71.2 Å². The number of aromatic nitrogens is 4. The van der Waals surface area contributed by atoms with E-state index in [4.69, 9.17) is 0 Å². The molecule has 12 aromatic rings. The Morgan fingerprint density at radius 1 is 0.268 bits per heavy atom. The second kappa shape index (κ2) is 17.4. The van der Waals surface area contributed by atoms with Crippen molar-refractivity contribution in [2.24, 2.45) is 0 Å². The molecule has 16 rings (SSSR count). The van der Waals surface area contributed by atoms with Gasteiger partial charge in [0.1, 0.15) is 0 Å². The maximum Gasteiger partial charge on any atom is 0.0744 e. The molecule has 0 fully saturated rings. The third kappa shape index (κ3) is 6.35. The van der Waals surface area contributed by atoms with Crippen molar-refractivity contribution in [1.82, 2.24) is 19.9 Å². The quantitative estimate of drug-likeness (QED) is 0.165. The van der Waals surface area contributed by atoms with Crippen molar-refractivity contribution in [3.8, 4) is 22.3 Å². The van der Waals surface area contributed by atoms with E-state index in [9.17, 15) is 0 Å². The molecule has 0 spiro atoms. The lowest BCUT2D eigenvalue weighted by molar-refractivity contribution is 0.658. The number of benzene rings is 8. The number of aryl methyl sites for hydroxylation is 2. The molecule has 4 aromatic heterocycles. The van der Waals surface area contributed by atoms with Gasteiger partial charge in [-0.3, -0.25) is 19.9 Å². The van der Waals surface area contributed by atoms with Gasteiger partial charge in [-0.25, -0.2) is 0 Å². The van der Waals surface area contributed by atoms with Crippen LogP contribution in [-0.2, 0) is 21.7 Å². The van der Waals surface area contributed by atoms with Crippen LogP contribution in [-0.4, -0.2) is 19.9 Å². The van der Waals surface area contributed by atoms with Gasteiger partial charge in [0.2, 0.25) is 0 Å². The summed E-state index contributed by atoms with van der Waals surface area (Å²) in [4.78, 5) is 23.7. The monoisotopic (exact) mass is 1050 g/mol. The predicted octanol–water partition coefficient (Wildman–Crippen LogP) is 18.0. The van der Waals surface area contributed by atoms with Crippen LogP contribution in [0.15, 0.2) is 244 Å². The molecule has 6 nitrogen and oxygen atoms in total. The molecular weight excluding hydrogens is 997 g/mol. The normalized spacial score (nSPS) is 15.8. The van der Waals surface area contributed by atoms with Crippen LogP contribution in [0.1, 0.15) is 106 Å². The fourth-order valence-corrected chi connectivity index (χ4v) is 15.5. The zero-order valence-corrected chi connectivity index (χ0v) is 46.8. The van der Waals surface area contributed by atoms with Crippen molar-refractivity contribution in [1.29, 1.82) is 0 Å². The Morgan fingerprint density at radius 2 is 0.585 bits per heavy atom. The lowest BCUT2D eigenvalue weighted by Gasteiger charge is -2.48. The first-order valence-corrected chi connectivity index (χ1v) is 28.6. The van der Waals surface area contributed by atoms with E-state index in [2.05, 4.69) is 265 Å². The first-order chi connectivity index (χ1) is 40.0. The number of hydrogen-bond donors (Lipinski definition) is 0. The molecule has 0 saturated heterocycles. The summed E-state index contributed by atoms with van der Waals surface area (Å²) in [5.41, 5.74) is 26.9. The van der Waals surface area contributed by atoms with Gasteiger partial charge >= 0.3 is 0 Å². The number of pyridine rings is 4. The van der Waals surface area contributed by atoms with Crippen LogP contribution >= 0.6 is 0 Å². The first-order valence-electron chi connectivity index (χ1n) is 28.6. The van der Waals surface area contributed by atoms with Crippen LogP contribution in [0.5, 0.6) is 0 Å². The summed E-state index contributed by atoms with van der Waals surface area (Å²) in [5, 5.41) is 2.33. The summed E-state index contributed by atoms with van der Waals surface area (Å²) in [6, 6.07) is 73.8. The van der Waals surface area contributed by atoms with Gasteiger partial charge in [-0.05, 0) is 223 Å². The minimum absolute atomic E-state index is 0.259. The summed E-state index contributed by atoms with van der Waals surface area (Å²) in [5.74, 6) is 0. The highest BCUT2D eigenvalue weighted by molar-refractivity contribution is 6.10. The number of hydrogen-bond acceptors (Lipinski definition) is 6. The lowest BCUT2D eigenvalue weighted by atomic mass is 9.62. The van der Waals surface area contributed by atoms with E-state index in [1.807, 2.05) is 49.6 Å². The van der Waals surface area contributed by atoms with Crippen LogP contribution in [0.3, 0.4) is 0 Å². The van der Waals surface area contributed by atoms with E-state index < -0.39 is 10.8 Å². The molecule has 2 aliphatic carbocycles. The molecule has 0 atom stereocenters. The number of fused-ring (bicyclic) bond motifs is 11. The van der Waals surface area contributed by atoms with Gasteiger partial charge < -0.3 is 9.80 Å². The van der Waals surface area contributed by atoms with Crippen molar-refractivity contribution in [2.45, 2.75) is 63.2 Å². The molecule has 6 heterocycles. The Labute approximate surface area is 479 Å². The Hall–Kier alpha value is -9.78. The molecule has 0 amide bonds. The molecule has 0 radical (unpaired) electrons. The van der Waals surface area contributed by atoms with E-state index in [1.165, 1.54) is 77.9 Å². The number of rotatable bonds is 6. The molecule has 0 unspecified atom stereocenters. The van der Waals surface area contributed by atoms with E-state index in [-0.39, 0.29) is 10.8 Å². The molecule has 4 aliphatic rings. The Morgan fingerprint density at radius 3 is 0.939 bits per heavy atom.